The van der Waals surface area contributed by atoms with E-state index in [0.717, 1.165) is 38.0 Å². The molecule has 0 aliphatic carbocycles. The van der Waals surface area contributed by atoms with Gasteiger partial charge in [0, 0.05) is 44.9 Å². The molecular formula is C17H36N2O. The van der Waals surface area contributed by atoms with E-state index in [0.29, 0.717) is 12.1 Å². The Bertz CT molecular complexity index is 243. The highest BCUT2D eigenvalue weighted by atomic mass is 16.5. The van der Waals surface area contributed by atoms with E-state index in [2.05, 4.69) is 44.8 Å². The summed E-state index contributed by atoms with van der Waals surface area (Å²) >= 11 is 0. The standard InChI is InChI=1S/C17H36N2O/c1-6-20-9-7-8-19-13-16(10-14(2)3)18-12-17(19)11-15(4)5/h14-18H,6-13H2,1-5H3. The summed E-state index contributed by atoms with van der Waals surface area (Å²) in [6, 6.07) is 1.38. The Morgan fingerprint density at radius 1 is 1.15 bits per heavy atom. The summed E-state index contributed by atoms with van der Waals surface area (Å²) in [5.74, 6) is 1.55. The first-order valence-electron chi connectivity index (χ1n) is 8.58. The van der Waals surface area contributed by atoms with Crippen LogP contribution in [0.15, 0.2) is 0 Å². The van der Waals surface area contributed by atoms with Gasteiger partial charge in [-0.15, -0.1) is 0 Å². The average Bonchev–Trinajstić information content (AvgIpc) is 2.36. The van der Waals surface area contributed by atoms with Gasteiger partial charge in [-0.2, -0.15) is 0 Å². The van der Waals surface area contributed by atoms with E-state index in [4.69, 9.17) is 4.74 Å². The Morgan fingerprint density at radius 2 is 1.85 bits per heavy atom. The summed E-state index contributed by atoms with van der Waals surface area (Å²) in [5.41, 5.74) is 0. The number of rotatable bonds is 9. The van der Waals surface area contributed by atoms with Gasteiger partial charge in [-0.1, -0.05) is 27.7 Å². The van der Waals surface area contributed by atoms with Crippen molar-refractivity contribution in [1.82, 2.24) is 10.2 Å². The summed E-state index contributed by atoms with van der Waals surface area (Å²) in [4.78, 5) is 2.71. The lowest BCUT2D eigenvalue weighted by atomic mass is 9.95. The molecule has 2 unspecified atom stereocenters. The van der Waals surface area contributed by atoms with Crippen LogP contribution in [0.3, 0.4) is 0 Å². The zero-order chi connectivity index (χ0) is 15.0. The van der Waals surface area contributed by atoms with Crippen molar-refractivity contribution in [1.29, 1.82) is 0 Å². The molecule has 3 heteroatoms. The molecule has 1 aliphatic rings. The van der Waals surface area contributed by atoms with Gasteiger partial charge >= 0.3 is 0 Å². The van der Waals surface area contributed by atoms with Crippen molar-refractivity contribution in [2.24, 2.45) is 11.8 Å². The normalized spacial score (nSPS) is 24.8. The minimum Gasteiger partial charge on any atom is -0.382 e. The maximum absolute atomic E-state index is 5.49. The molecular weight excluding hydrogens is 248 g/mol. The lowest BCUT2D eigenvalue weighted by molar-refractivity contribution is 0.0843. The predicted molar refractivity (Wildman–Crippen MR) is 87.2 cm³/mol. The van der Waals surface area contributed by atoms with Gasteiger partial charge in [-0.25, -0.2) is 0 Å². The van der Waals surface area contributed by atoms with Crippen molar-refractivity contribution in [2.75, 3.05) is 32.8 Å². The van der Waals surface area contributed by atoms with Crippen molar-refractivity contribution in [2.45, 2.75) is 66.0 Å². The molecule has 0 aromatic rings. The molecule has 0 radical (unpaired) electrons. The third kappa shape index (κ3) is 7.05. The first-order chi connectivity index (χ1) is 9.52. The maximum Gasteiger partial charge on any atom is 0.0478 e. The molecule has 0 saturated carbocycles. The molecule has 20 heavy (non-hydrogen) atoms. The van der Waals surface area contributed by atoms with Crippen LogP contribution < -0.4 is 5.32 Å². The fourth-order valence-corrected chi connectivity index (χ4v) is 3.22. The second-order valence-corrected chi connectivity index (χ2v) is 7.06. The largest absolute Gasteiger partial charge is 0.382 e. The highest BCUT2D eigenvalue weighted by molar-refractivity contribution is 4.87. The van der Waals surface area contributed by atoms with Gasteiger partial charge in [-0.3, -0.25) is 4.90 Å². The zero-order valence-corrected chi connectivity index (χ0v) is 14.3. The van der Waals surface area contributed by atoms with Crippen LogP contribution >= 0.6 is 0 Å². The van der Waals surface area contributed by atoms with Crippen LogP contribution in [0.5, 0.6) is 0 Å². The third-order valence-corrected chi connectivity index (χ3v) is 4.05. The Labute approximate surface area is 126 Å². The van der Waals surface area contributed by atoms with Gasteiger partial charge in [0.25, 0.3) is 0 Å². The smallest absolute Gasteiger partial charge is 0.0478 e. The maximum atomic E-state index is 5.49. The molecule has 3 nitrogen and oxygen atoms in total. The van der Waals surface area contributed by atoms with E-state index in [-0.39, 0.29) is 0 Å². The van der Waals surface area contributed by atoms with Crippen LogP contribution in [-0.2, 0) is 4.74 Å². The number of nitrogens with zero attached hydrogens (tertiary/aromatic N) is 1. The monoisotopic (exact) mass is 284 g/mol. The lowest BCUT2D eigenvalue weighted by Gasteiger charge is -2.42. The van der Waals surface area contributed by atoms with Crippen LogP contribution in [0.2, 0.25) is 0 Å². The van der Waals surface area contributed by atoms with Gasteiger partial charge in [0.05, 0.1) is 0 Å². The second kappa shape index (κ2) is 9.75. The molecule has 1 aliphatic heterocycles. The van der Waals surface area contributed by atoms with Gasteiger partial charge < -0.3 is 10.1 Å². The van der Waals surface area contributed by atoms with E-state index >= 15 is 0 Å². The third-order valence-electron chi connectivity index (χ3n) is 4.05. The Hall–Kier alpha value is -0.120. The van der Waals surface area contributed by atoms with Crippen molar-refractivity contribution >= 4 is 0 Å². The molecule has 1 rings (SSSR count). The van der Waals surface area contributed by atoms with E-state index in [1.807, 2.05) is 0 Å². The second-order valence-electron chi connectivity index (χ2n) is 7.06. The molecule has 0 bridgehead atoms. The van der Waals surface area contributed by atoms with Gasteiger partial charge in [0.2, 0.25) is 0 Å². The molecule has 1 saturated heterocycles. The van der Waals surface area contributed by atoms with Gasteiger partial charge in [-0.05, 0) is 38.0 Å². The molecule has 0 aromatic heterocycles. The van der Waals surface area contributed by atoms with Crippen LogP contribution in [0.1, 0.15) is 53.9 Å². The number of piperazine rings is 1. The fraction of sp³-hybridized carbons (Fsp3) is 1.00. The van der Waals surface area contributed by atoms with Crippen LogP contribution in [0, 0.1) is 11.8 Å². The van der Waals surface area contributed by atoms with Gasteiger partial charge in [0.1, 0.15) is 0 Å². The lowest BCUT2D eigenvalue weighted by Crippen LogP contribution is -2.57. The predicted octanol–water partition coefficient (Wildman–Crippen LogP) is 3.15. The van der Waals surface area contributed by atoms with Crippen LogP contribution in [0.4, 0.5) is 0 Å². The summed E-state index contributed by atoms with van der Waals surface area (Å²) in [5, 5.41) is 3.76. The van der Waals surface area contributed by atoms with Crippen molar-refractivity contribution < 1.29 is 4.74 Å². The van der Waals surface area contributed by atoms with E-state index < -0.39 is 0 Å². The summed E-state index contributed by atoms with van der Waals surface area (Å²) in [7, 11) is 0. The molecule has 2 atom stereocenters. The SMILES string of the molecule is CCOCCCN1CC(CC(C)C)NCC1CC(C)C. The topological polar surface area (TPSA) is 24.5 Å². The number of nitrogens with one attached hydrogen (secondary N) is 1. The molecule has 1 heterocycles. The Kier molecular flexibility index (Phi) is 8.74. The Morgan fingerprint density at radius 3 is 2.45 bits per heavy atom. The van der Waals surface area contributed by atoms with E-state index in [1.54, 1.807) is 0 Å². The molecule has 0 aromatic carbocycles. The minimum absolute atomic E-state index is 0.672. The van der Waals surface area contributed by atoms with Crippen LogP contribution in [-0.4, -0.2) is 49.8 Å². The first-order valence-corrected chi connectivity index (χ1v) is 8.58. The van der Waals surface area contributed by atoms with E-state index in [1.165, 1.54) is 25.9 Å². The van der Waals surface area contributed by atoms with Gasteiger partial charge in [0.15, 0.2) is 0 Å². The fourth-order valence-electron chi connectivity index (χ4n) is 3.22. The van der Waals surface area contributed by atoms with Crippen molar-refractivity contribution in [3.8, 4) is 0 Å². The zero-order valence-electron chi connectivity index (χ0n) is 14.3. The minimum atomic E-state index is 0.672. The Balaban J connectivity index is 2.44. The highest BCUT2D eigenvalue weighted by Crippen LogP contribution is 2.18. The average molecular weight is 284 g/mol. The summed E-state index contributed by atoms with van der Waals surface area (Å²) < 4.78 is 5.49. The van der Waals surface area contributed by atoms with Crippen LogP contribution in [0.25, 0.3) is 0 Å². The summed E-state index contributed by atoms with van der Waals surface area (Å²) in [6.45, 7) is 16.7. The molecule has 1 fully saturated rings. The molecule has 120 valence electrons. The number of hydrogen-bond donors (Lipinski definition) is 1. The van der Waals surface area contributed by atoms with Crippen molar-refractivity contribution in [3.63, 3.8) is 0 Å². The molecule has 1 N–H and O–H groups in total. The first kappa shape index (κ1) is 17.9. The number of hydrogen-bond acceptors (Lipinski definition) is 3. The highest BCUT2D eigenvalue weighted by Gasteiger charge is 2.28. The van der Waals surface area contributed by atoms with E-state index in [9.17, 15) is 0 Å². The summed E-state index contributed by atoms with van der Waals surface area (Å²) in [6.07, 6.45) is 3.75. The number of ether oxygens (including phenoxy) is 1. The quantitative estimate of drug-likeness (QED) is 0.658. The molecule has 0 amide bonds. The molecule has 0 spiro atoms. The van der Waals surface area contributed by atoms with Crippen molar-refractivity contribution in [3.05, 3.63) is 0 Å².